The Kier molecular flexibility index (Phi) is 11.0. The molecule has 0 aliphatic carbocycles. The van der Waals surface area contributed by atoms with Gasteiger partial charge in [-0.2, -0.15) is 11.8 Å². The summed E-state index contributed by atoms with van der Waals surface area (Å²) in [6.45, 7) is 4.84. The van der Waals surface area contributed by atoms with Crippen molar-refractivity contribution >= 4 is 17.5 Å². The van der Waals surface area contributed by atoms with Gasteiger partial charge in [0.25, 0.3) is 0 Å². The molecular weight excluding hydrogens is 246 g/mol. The lowest BCUT2D eigenvalue weighted by Gasteiger charge is -2.14. The maximum atomic E-state index is 10.8. The average Bonchev–Trinajstić information content (AvgIpc) is 2.76. The van der Waals surface area contributed by atoms with Crippen molar-refractivity contribution in [2.24, 2.45) is 0 Å². The van der Waals surface area contributed by atoms with Gasteiger partial charge in [-0.25, -0.2) is 0 Å². The second kappa shape index (κ2) is 11.4. The topological polar surface area (TPSA) is 44.4 Å². The Balaban J connectivity index is 0.000000873. The van der Waals surface area contributed by atoms with Crippen LogP contribution >= 0.6 is 11.8 Å². The second-order valence-electron chi connectivity index (χ2n) is 4.40. The normalized spacial score (nSPS) is 13.6. The van der Waals surface area contributed by atoms with Crippen molar-refractivity contribution in [3.63, 3.8) is 0 Å². The molecule has 0 fully saturated rings. The molecule has 0 aromatic carbocycles. The van der Waals surface area contributed by atoms with Crippen LogP contribution in [0.2, 0.25) is 0 Å². The van der Waals surface area contributed by atoms with Crippen LogP contribution in [0, 0.1) is 0 Å². The quantitative estimate of drug-likeness (QED) is 0.698. The highest BCUT2D eigenvalue weighted by Gasteiger charge is 2.10. The number of nitrogens with zero attached hydrogens (tertiary/aromatic N) is 1. The summed E-state index contributed by atoms with van der Waals surface area (Å²) < 4.78 is 0. The Morgan fingerprint density at radius 1 is 1.39 bits per heavy atom. The number of unbranched alkanes of at least 4 members (excludes halogenated alkanes) is 2. The van der Waals surface area contributed by atoms with E-state index in [1.807, 2.05) is 17.5 Å². The molecule has 0 unspecified atom stereocenters. The lowest BCUT2D eigenvalue weighted by atomic mass is 10.2. The minimum atomic E-state index is 0.238. The molecule has 2 N–H and O–H groups in total. The molecule has 0 radical (unpaired) electrons. The smallest absolute Gasteiger partial charge is 0.130 e. The highest BCUT2D eigenvalue weighted by molar-refractivity contribution is 7.97. The molecule has 18 heavy (non-hydrogen) atoms. The molecule has 1 heterocycles. The van der Waals surface area contributed by atoms with Crippen molar-refractivity contribution in [1.29, 1.82) is 0 Å². The molecule has 0 atom stereocenters. The largest absolute Gasteiger partial charge is 0.306 e. The Hall–Kier alpha value is -0.680. The molecular formula is C13H27N3OS. The number of carbonyl (C=O) groups is 1. The number of ketones is 1. The molecule has 0 aromatic rings. The summed E-state index contributed by atoms with van der Waals surface area (Å²) in [6.07, 6.45) is 11.2. The molecule has 0 amide bonds. The van der Waals surface area contributed by atoms with Crippen molar-refractivity contribution in [3.8, 4) is 0 Å². The number of thioether (sulfide) groups is 1. The number of allylic oxidation sites excluding steroid dienone is 1. The van der Waals surface area contributed by atoms with Gasteiger partial charge in [0.2, 0.25) is 0 Å². The van der Waals surface area contributed by atoms with Gasteiger partial charge in [-0.15, -0.1) is 5.53 Å². The molecule has 5 heteroatoms. The molecule has 106 valence electrons. The van der Waals surface area contributed by atoms with E-state index in [0.29, 0.717) is 6.42 Å². The highest BCUT2D eigenvalue weighted by Crippen LogP contribution is 2.08. The summed E-state index contributed by atoms with van der Waals surface area (Å²) in [5, 5.41) is 2.05. The van der Waals surface area contributed by atoms with Crippen molar-refractivity contribution in [3.05, 3.63) is 11.9 Å². The fraction of sp³-hybridized carbons (Fsp3) is 0.769. The number of hydrogen-bond acceptors (Lipinski definition) is 5. The summed E-state index contributed by atoms with van der Waals surface area (Å²) >= 11 is 1.75. The van der Waals surface area contributed by atoms with Crippen molar-refractivity contribution in [2.45, 2.75) is 46.0 Å². The van der Waals surface area contributed by atoms with Gasteiger partial charge in [0.15, 0.2) is 0 Å². The first-order valence-electron chi connectivity index (χ1n) is 6.52. The van der Waals surface area contributed by atoms with E-state index in [1.165, 1.54) is 19.3 Å². The van der Waals surface area contributed by atoms with Crippen LogP contribution in [-0.4, -0.2) is 29.8 Å². The van der Waals surface area contributed by atoms with Gasteiger partial charge in [0, 0.05) is 24.9 Å². The van der Waals surface area contributed by atoms with E-state index in [4.69, 9.17) is 0 Å². The Morgan fingerprint density at radius 3 is 2.61 bits per heavy atom. The monoisotopic (exact) mass is 273 g/mol. The SMILES string of the molecule is CCCCCN1C=C(CCC(C)=O)NN1.CSC. The summed E-state index contributed by atoms with van der Waals surface area (Å²) in [7, 11) is 0. The Labute approximate surface area is 116 Å². The first kappa shape index (κ1) is 17.3. The Morgan fingerprint density at radius 2 is 2.06 bits per heavy atom. The number of hydrazine groups is 2. The molecule has 4 nitrogen and oxygen atoms in total. The predicted octanol–water partition coefficient (Wildman–Crippen LogP) is 2.69. The molecule has 0 aromatic heterocycles. The number of nitrogens with one attached hydrogen (secondary N) is 2. The molecule has 1 aliphatic heterocycles. The van der Waals surface area contributed by atoms with Gasteiger partial charge < -0.3 is 10.2 Å². The van der Waals surface area contributed by atoms with E-state index in [0.717, 1.165) is 18.7 Å². The van der Waals surface area contributed by atoms with E-state index in [1.54, 1.807) is 18.7 Å². The van der Waals surface area contributed by atoms with Crippen molar-refractivity contribution < 1.29 is 4.79 Å². The van der Waals surface area contributed by atoms with E-state index in [-0.39, 0.29) is 5.78 Å². The van der Waals surface area contributed by atoms with E-state index in [2.05, 4.69) is 24.1 Å². The molecule has 0 spiro atoms. The van der Waals surface area contributed by atoms with Crippen LogP contribution in [0.5, 0.6) is 0 Å². The van der Waals surface area contributed by atoms with E-state index >= 15 is 0 Å². The lowest BCUT2D eigenvalue weighted by Crippen LogP contribution is -2.36. The fourth-order valence-corrected chi connectivity index (χ4v) is 1.49. The zero-order valence-corrected chi connectivity index (χ0v) is 12.9. The van der Waals surface area contributed by atoms with Crippen molar-refractivity contribution in [2.75, 3.05) is 19.1 Å². The molecule has 1 aliphatic rings. The highest BCUT2D eigenvalue weighted by atomic mass is 32.2. The maximum absolute atomic E-state index is 10.8. The molecule has 0 bridgehead atoms. The van der Waals surface area contributed by atoms with Gasteiger partial charge >= 0.3 is 0 Å². The van der Waals surface area contributed by atoms with Crippen LogP contribution in [-0.2, 0) is 4.79 Å². The lowest BCUT2D eigenvalue weighted by molar-refractivity contribution is -0.116. The molecule has 0 saturated carbocycles. The second-order valence-corrected chi connectivity index (χ2v) is 5.22. The standard InChI is InChI=1S/C11H21N3O.C2H6S/c1-3-4-5-8-14-9-11(12-13-14)7-6-10(2)15;1-3-2/h9,12-13H,3-8H2,1-2H3;1-2H3. The zero-order valence-electron chi connectivity index (χ0n) is 12.1. The van der Waals surface area contributed by atoms with Crippen LogP contribution in [0.15, 0.2) is 11.9 Å². The first-order chi connectivity index (χ1) is 8.63. The number of hydrogen-bond donors (Lipinski definition) is 2. The van der Waals surface area contributed by atoms with Gasteiger partial charge in [-0.05, 0) is 32.3 Å². The summed E-state index contributed by atoms with van der Waals surface area (Å²) in [5.41, 5.74) is 7.24. The summed E-state index contributed by atoms with van der Waals surface area (Å²) in [5.74, 6) is 0.238. The van der Waals surface area contributed by atoms with Gasteiger partial charge in [-0.3, -0.25) is 5.01 Å². The third kappa shape index (κ3) is 9.36. The minimum Gasteiger partial charge on any atom is -0.306 e. The fourth-order valence-electron chi connectivity index (χ4n) is 1.49. The van der Waals surface area contributed by atoms with Gasteiger partial charge in [0.05, 0.1) is 0 Å². The maximum Gasteiger partial charge on any atom is 0.130 e. The van der Waals surface area contributed by atoms with E-state index in [9.17, 15) is 4.79 Å². The third-order valence-electron chi connectivity index (χ3n) is 2.42. The van der Waals surface area contributed by atoms with Crippen LogP contribution in [0.25, 0.3) is 0 Å². The summed E-state index contributed by atoms with van der Waals surface area (Å²) in [6, 6.07) is 0. The van der Waals surface area contributed by atoms with Crippen LogP contribution < -0.4 is 11.0 Å². The third-order valence-corrected chi connectivity index (χ3v) is 2.42. The predicted molar refractivity (Wildman–Crippen MR) is 79.9 cm³/mol. The number of rotatable bonds is 7. The van der Waals surface area contributed by atoms with Crippen LogP contribution in [0.3, 0.4) is 0 Å². The van der Waals surface area contributed by atoms with Crippen LogP contribution in [0.1, 0.15) is 46.0 Å². The van der Waals surface area contributed by atoms with Gasteiger partial charge in [-0.1, -0.05) is 19.8 Å². The van der Waals surface area contributed by atoms with Crippen molar-refractivity contribution in [1.82, 2.24) is 16.0 Å². The number of Topliss-reactive ketones (excluding diaryl/α,β-unsaturated/α-hetero) is 1. The zero-order chi connectivity index (χ0) is 13.8. The first-order valence-corrected chi connectivity index (χ1v) is 8.15. The number of carbonyl (C=O) groups excluding carboxylic acids is 1. The van der Waals surface area contributed by atoms with Gasteiger partial charge in [0.1, 0.15) is 5.78 Å². The Bertz CT molecular complexity index is 257. The van der Waals surface area contributed by atoms with Crippen LogP contribution in [0.4, 0.5) is 0 Å². The van der Waals surface area contributed by atoms with E-state index < -0.39 is 0 Å². The average molecular weight is 273 g/mol. The minimum absolute atomic E-state index is 0.238. The summed E-state index contributed by atoms with van der Waals surface area (Å²) in [4.78, 5) is 10.8. The molecule has 0 saturated heterocycles. The molecule has 1 rings (SSSR count).